The second kappa shape index (κ2) is 5.16. The Morgan fingerprint density at radius 3 is 2.88 bits per heavy atom. The first-order chi connectivity index (χ1) is 8.29. The molecule has 0 unspecified atom stereocenters. The van der Waals surface area contributed by atoms with Crippen LogP contribution in [-0.2, 0) is 6.54 Å². The monoisotopic (exact) mass is 230 g/mol. The lowest BCUT2D eigenvalue weighted by Gasteiger charge is -2.09. The Balaban J connectivity index is 2.07. The molecule has 1 aromatic heterocycles. The van der Waals surface area contributed by atoms with Crippen LogP contribution in [0.3, 0.4) is 0 Å². The fourth-order valence-electron chi connectivity index (χ4n) is 1.51. The molecule has 0 saturated heterocycles. The summed E-state index contributed by atoms with van der Waals surface area (Å²) in [4.78, 5) is 7.89. The maximum atomic E-state index is 5.50. The van der Waals surface area contributed by atoms with Gasteiger partial charge < -0.3 is 15.8 Å². The molecule has 0 aliphatic heterocycles. The van der Waals surface area contributed by atoms with Gasteiger partial charge >= 0.3 is 0 Å². The smallest absolute Gasteiger partial charge is 0.221 e. The van der Waals surface area contributed by atoms with E-state index in [1.807, 2.05) is 24.3 Å². The molecular weight excluding hydrogens is 216 g/mol. The number of nitrogens with zero attached hydrogens (tertiary/aromatic N) is 2. The van der Waals surface area contributed by atoms with E-state index in [0.717, 1.165) is 11.3 Å². The van der Waals surface area contributed by atoms with E-state index in [1.165, 1.54) is 0 Å². The summed E-state index contributed by atoms with van der Waals surface area (Å²) in [6.45, 7) is 0.625. The van der Waals surface area contributed by atoms with Crippen molar-refractivity contribution in [1.29, 1.82) is 0 Å². The second-order valence-electron chi connectivity index (χ2n) is 3.47. The average Bonchev–Trinajstić information content (AvgIpc) is 2.37. The average molecular weight is 230 g/mol. The number of rotatable bonds is 4. The number of nitrogen functional groups attached to an aromatic ring is 1. The van der Waals surface area contributed by atoms with Crippen LogP contribution in [0.15, 0.2) is 36.5 Å². The minimum Gasteiger partial charge on any atom is -0.496 e. The minimum atomic E-state index is 0.259. The molecule has 0 aliphatic carbocycles. The van der Waals surface area contributed by atoms with Crippen molar-refractivity contribution >= 4 is 11.8 Å². The Labute approximate surface area is 99.7 Å². The number of hydrogen-bond acceptors (Lipinski definition) is 5. The van der Waals surface area contributed by atoms with Crippen molar-refractivity contribution in [1.82, 2.24) is 9.97 Å². The van der Waals surface area contributed by atoms with Crippen molar-refractivity contribution in [3.63, 3.8) is 0 Å². The highest BCUT2D eigenvalue weighted by Gasteiger charge is 2.01. The predicted octanol–water partition coefficient (Wildman–Crippen LogP) is 1.68. The third kappa shape index (κ3) is 2.84. The number of para-hydroxylation sites is 1. The van der Waals surface area contributed by atoms with E-state index in [4.69, 9.17) is 10.5 Å². The topological polar surface area (TPSA) is 73.1 Å². The van der Waals surface area contributed by atoms with Gasteiger partial charge in [-0.1, -0.05) is 18.2 Å². The van der Waals surface area contributed by atoms with Crippen LogP contribution >= 0.6 is 0 Å². The van der Waals surface area contributed by atoms with Gasteiger partial charge in [0.1, 0.15) is 11.6 Å². The van der Waals surface area contributed by atoms with E-state index in [9.17, 15) is 0 Å². The number of aromatic nitrogens is 2. The van der Waals surface area contributed by atoms with Crippen LogP contribution in [0.4, 0.5) is 11.8 Å². The van der Waals surface area contributed by atoms with Crippen molar-refractivity contribution in [2.45, 2.75) is 6.54 Å². The second-order valence-corrected chi connectivity index (χ2v) is 3.47. The van der Waals surface area contributed by atoms with Gasteiger partial charge in [0.05, 0.1) is 7.11 Å². The molecule has 3 N–H and O–H groups in total. The molecule has 0 spiro atoms. The Kier molecular flexibility index (Phi) is 3.40. The largest absolute Gasteiger partial charge is 0.496 e. The van der Waals surface area contributed by atoms with Crippen LogP contribution in [0.2, 0.25) is 0 Å². The molecule has 5 heteroatoms. The summed E-state index contributed by atoms with van der Waals surface area (Å²) < 4.78 is 5.26. The zero-order valence-corrected chi connectivity index (χ0v) is 9.55. The van der Waals surface area contributed by atoms with Gasteiger partial charge in [-0.15, -0.1) is 0 Å². The summed E-state index contributed by atoms with van der Waals surface area (Å²) in [6.07, 6.45) is 1.62. The molecule has 2 rings (SSSR count). The normalized spacial score (nSPS) is 9.94. The maximum Gasteiger partial charge on any atom is 0.221 e. The molecule has 0 radical (unpaired) electrons. The van der Waals surface area contributed by atoms with E-state index in [0.29, 0.717) is 12.4 Å². The van der Waals surface area contributed by atoms with Gasteiger partial charge in [-0.05, 0) is 12.1 Å². The first kappa shape index (κ1) is 11.2. The van der Waals surface area contributed by atoms with Crippen molar-refractivity contribution in [3.8, 4) is 5.75 Å². The molecule has 0 aliphatic rings. The van der Waals surface area contributed by atoms with Gasteiger partial charge in [0.2, 0.25) is 5.95 Å². The predicted molar refractivity (Wildman–Crippen MR) is 66.8 cm³/mol. The zero-order chi connectivity index (χ0) is 12.1. The van der Waals surface area contributed by atoms with Gasteiger partial charge in [0.25, 0.3) is 0 Å². The number of nitrogens with two attached hydrogens (primary N) is 1. The van der Waals surface area contributed by atoms with Gasteiger partial charge in [-0.2, -0.15) is 4.98 Å². The summed E-state index contributed by atoms with van der Waals surface area (Å²) in [7, 11) is 1.65. The highest BCUT2D eigenvalue weighted by Crippen LogP contribution is 2.18. The standard InChI is InChI=1S/C12H14N4O/c1-17-10-5-3-2-4-9(10)8-15-11-6-7-14-12(13)16-11/h2-7H,8H2,1H3,(H3,13,14,15,16). The van der Waals surface area contributed by atoms with E-state index >= 15 is 0 Å². The van der Waals surface area contributed by atoms with Crippen molar-refractivity contribution in [2.24, 2.45) is 0 Å². The summed E-state index contributed by atoms with van der Waals surface area (Å²) in [5, 5.41) is 3.17. The third-order valence-electron chi connectivity index (χ3n) is 2.33. The summed E-state index contributed by atoms with van der Waals surface area (Å²) >= 11 is 0. The summed E-state index contributed by atoms with van der Waals surface area (Å²) in [6, 6.07) is 9.59. The zero-order valence-electron chi connectivity index (χ0n) is 9.55. The van der Waals surface area contributed by atoms with Crippen molar-refractivity contribution in [2.75, 3.05) is 18.2 Å². The molecule has 0 bridgehead atoms. The van der Waals surface area contributed by atoms with E-state index < -0.39 is 0 Å². The van der Waals surface area contributed by atoms with Gasteiger partial charge in [-0.3, -0.25) is 0 Å². The highest BCUT2D eigenvalue weighted by molar-refractivity contribution is 5.41. The van der Waals surface area contributed by atoms with Crippen LogP contribution in [0.1, 0.15) is 5.56 Å². The van der Waals surface area contributed by atoms with Crippen molar-refractivity contribution < 1.29 is 4.74 Å². The van der Waals surface area contributed by atoms with Crippen LogP contribution in [0.5, 0.6) is 5.75 Å². The molecule has 17 heavy (non-hydrogen) atoms. The number of nitrogens with one attached hydrogen (secondary N) is 1. The van der Waals surface area contributed by atoms with Crippen LogP contribution < -0.4 is 15.8 Å². The molecule has 1 heterocycles. The summed E-state index contributed by atoms with van der Waals surface area (Å²) in [5.74, 6) is 1.81. The van der Waals surface area contributed by atoms with Gasteiger partial charge in [0.15, 0.2) is 0 Å². The quantitative estimate of drug-likeness (QED) is 0.836. The Hall–Kier alpha value is -2.30. The molecule has 2 aromatic rings. The molecule has 88 valence electrons. The van der Waals surface area contributed by atoms with E-state index in [2.05, 4.69) is 15.3 Å². The van der Waals surface area contributed by atoms with Gasteiger partial charge in [-0.25, -0.2) is 4.98 Å². The number of benzene rings is 1. The molecule has 0 fully saturated rings. The first-order valence-corrected chi connectivity index (χ1v) is 5.24. The Bertz CT molecular complexity index is 501. The van der Waals surface area contributed by atoms with E-state index in [-0.39, 0.29) is 5.95 Å². The molecule has 0 saturated carbocycles. The first-order valence-electron chi connectivity index (χ1n) is 5.24. The number of ether oxygens (including phenoxy) is 1. The van der Waals surface area contributed by atoms with E-state index in [1.54, 1.807) is 19.4 Å². The highest BCUT2D eigenvalue weighted by atomic mass is 16.5. The lowest BCUT2D eigenvalue weighted by atomic mass is 10.2. The summed E-state index contributed by atoms with van der Waals surface area (Å²) in [5.41, 5.74) is 6.56. The Morgan fingerprint density at radius 1 is 1.29 bits per heavy atom. The maximum absolute atomic E-state index is 5.50. The molecule has 5 nitrogen and oxygen atoms in total. The number of anilines is 2. The number of methoxy groups -OCH3 is 1. The molecule has 0 amide bonds. The molecule has 0 atom stereocenters. The fourth-order valence-corrected chi connectivity index (χ4v) is 1.51. The van der Waals surface area contributed by atoms with Crippen LogP contribution in [0.25, 0.3) is 0 Å². The lowest BCUT2D eigenvalue weighted by molar-refractivity contribution is 0.410. The minimum absolute atomic E-state index is 0.259. The molecule has 1 aromatic carbocycles. The van der Waals surface area contributed by atoms with Crippen molar-refractivity contribution in [3.05, 3.63) is 42.1 Å². The Morgan fingerprint density at radius 2 is 2.12 bits per heavy atom. The third-order valence-corrected chi connectivity index (χ3v) is 2.33. The number of hydrogen-bond donors (Lipinski definition) is 2. The van der Waals surface area contributed by atoms with Crippen LogP contribution in [0, 0.1) is 0 Å². The van der Waals surface area contributed by atoms with Gasteiger partial charge in [0, 0.05) is 18.3 Å². The fraction of sp³-hybridized carbons (Fsp3) is 0.167. The van der Waals surface area contributed by atoms with Crippen LogP contribution in [-0.4, -0.2) is 17.1 Å². The molecular formula is C12H14N4O. The SMILES string of the molecule is COc1ccccc1CNc1ccnc(N)n1. The lowest BCUT2D eigenvalue weighted by Crippen LogP contribution is -2.04.